The van der Waals surface area contributed by atoms with Gasteiger partial charge in [-0.05, 0) is 50.3 Å². The summed E-state index contributed by atoms with van der Waals surface area (Å²) in [6.45, 7) is 0.937. The van der Waals surface area contributed by atoms with Crippen LogP contribution >= 0.6 is 11.3 Å². The van der Waals surface area contributed by atoms with Gasteiger partial charge in [0.15, 0.2) is 0 Å². The smallest absolute Gasteiger partial charge is 0.332 e. The number of rotatable bonds is 5. The fraction of sp³-hybridized carbons (Fsp3) is 0.280. The number of alkyl halides is 3. The Labute approximate surface area is 214 Å². The zero-order chi connectivity index (χ0) is 26.3. The fourth-order valence-corrected chi connectivity index (χ4v) is 5.45. The lowest BCUT2D eigenvalue weighted by molar-refractivity contribution is -0.141. The first-order chi connectivity index (χ1) is 17.6. The van der Waals surface area contributed by atoms with Gasteiger partial charge in [-0.25, -0.2) is 9.97 Å². The summed E-state index contributed by atoms with van der Waals surface area (Å²) in [6.07, 6.45) is -0.846. The molecule has 0 saturated carbocycles. The number of thiophene rings is 1. The maximum Gasteiger partial charge on any atom is 0.433 e. The van der Waals surface area contributed by atoms with Crippen LogP contribution in [0.2, 0.25) is 0 Å². The number of nitrogens with one attached hydrogen (secondary N) is 1. The minimum absolute atomic E-state index is 0.0318. The number of hydrogen-bond acceptors (Lipinski definition) is 6. The monoisotopic (exact) mass is 528 g/mol. The van der Waals surface area contributed by atoms with Crippen LogP contribution in [0.1, 0.15) is 42.7 Å². The van der Waals surface area contributed by atoms with Gasteiger partial charge in [-0.3, -0.25) is 14.0 Å². The van der Waals surface area contributed by atoms with Crippen LogP contribution in [-0.4, -0.2) is 56.6 Å². The summed E-state index contributed by atoms with van der Waals surface area (Å²) < 4.78 is 41.9. The van der Waals surface area contributed by atoms with Gasteiger partial charge in [-0.15, -0.1) is 11.3 Å². The third-order valence-electron chi connectivity index (χ3n) is 6.02. The highest BCUT2D eigenvalue weighted by Crippen LogP contribution is 2.32. The van der Waals surface area contributed by atoms with Crippen molar-refractivity contribution in [3.05, 3.63) is 81.2 Å². The van der Waals surface area contributed by atoms with E-state index in [9.17, 15) is 22.8 Å². The Morgan fingerprint density at radius 1 is 1.22 bits per heavy atom. The van der Waals surface area contributed by atoms with Gasteiger partial charge in [-0.2, -0.15) is 13.2 Å². The van der Waals surface area contributed by atoms with Crippen molar-refractivity contribution in [3.63, 3.8) is 0 Å². The standard InChI is InChI=1S/C25H23F3N6O2S/c1-32(2)12-16-9-15(10-21(30-16)25(26,27)28)31-23(35)18-14-37-20-13-33(8-6-17(18)20)24(36)19-11-29-22-5-3-4-7-34(19)22/h3-5,7,9-11,14H,6,8,12-13H2,1-2H3,(H,30,31,35). The zero-order valence-corrected chi connectivity index (χ0v) is 20.9. The molecule has 0 spiro atoms. The van der Waals surface area contributed by atoms with Crippen LogP contribution in [0.3, 0.4) is 0 Å². The predicted molar refractivity (Wildman–Crippen MR) is 133 cm³/mol. The Balaban J connectivity index is 1.35. The van der Waals surface area contributed by atoms with Crippen molar-refractivity contribution in [1.29, 1.82) is 0 Å². The van der Waals surface area contributed by atoms with Gasteiger partial charge >= 0.3 is 6.18 Å². The molecule has 1 aliphatic rings. The molecule has 0 bridgehead atoms. The number of imidazole rings is 1. The summed E-state index contributed by atoms with van der Waals surface area (Å²) in [6, 6.07) is 7.78. The lowest BCUT2D eigenvalue weighted by atomic mass is 10.0. The summed E-state index contributed by atoms with van der Waals surface area (Å²) in [5, 5.41) is 4.30. The molecule has 4 aromatic heterocycles. The van der Waals surface area contributed by atoms with E-state index in [-0.39, 0.29) is 23.8 Å². The number of fused-ring (bicyclic) bond motifs is 2. The van der Waals surface area contributed by atoms with Crippen molar-refractivity contribution in [2.45, 2.75) is 25.7 Å². The highest BCUT2D eigenvalue weighted by atomic mass is 32.1. The van der Waals surface area contributed by atoms with Crippen LogP contribution < -0.4 is 5.32 Å². The van der Waals surface area contributed by atoms with E-state index >= 15 is 0 Å². The van der Waals surface area contributed by atoms with E-state index in [0.717, 1.165) is 16.5 Å². The van der Waals surface area contributed by atoms with Gasteiger partial charge in [0.1, 0.15) is 17.0 Å². The van der Waals surface area contributed by atoms with Gasteiger partial charge in [0, 0.05) is 35.2 Å². The molecule has 4 aromatic rings. The van der Waals surface area contributed by atoms with E-state index in [1.165, 1.54) is 17.4 Å². The van der Waals surface area contributed by atoms with E-state index in [1.54, 1.807) is 46.1 Å². The second-order valence-corrected chi connectivity index (χ2v) is 9.99. The molecule has 192 valence electrons. The molecule has 2 amide bonds. The largest absolute Gasteiger partial charge is 0.433 e. The molecule has 0 aliphatic carbocycles. The average Bonchev–Trinajstić information content (AvgIpc) is 3.46. The Hall–Kier alpha value is -3.77. The zero-order valence-electron chi connectivity index (χ0n) is 20.0. The van der Waals surface area contributed by atoms with Crippen molar-refractivity contribution in [2.24, 2.45) is 0 Å². The number of carbonyl (C=O) groups is 2. The quantitative estimate of drug-likeness (QED) is 0.417. The fourth-order valence-electron chi connectivity index (χ4n) is 4.35. The molecular weight excluding hydrogens is 505 g/mol. The highest BCUT2D eigenvalue weighted by Gasteiger charge is 2.34. The predicted octanol–water partition coefficient (Wildman–Crippen LogP) is 4.32. The maximum absolute atomic E-state index is 13.4. The SMILES string of the molecule is CN(C)Cc1cc(NC(=O)c2csc3c2CCN(C(=O)c2cnc4ccccn24)C3)cc(C(F)(F)F)n1. The summed E-state index contributed by atoms with van der Waals surface area (Å²) in [5.74, 6) is -0.650. The molecule has 5 rings (SSSR count). The number of anilines is 1. The molecular formula is C25H23F3N6O2S. The first kappa shape index (κ1) is 24.9. The molecule has 0 atom stereocenters. The van der Waals surface area contributed by atoms with Gasteiger partial charge in [0.05, 0.1) is 24.0 Å². The number of carbonyl (C=O) groups excluding carboxylic acids is 2. The Kier molecular flexibility index (Phi) is 6.46. The van der Waals surface area contributed by atoms with Gasteiger partial charge in [0.25, 0.3) is 11.8 Å². The third-order valence-corrected chi connectivity index (χ3v) is 7.03. The first-order valence-corrected chi connectivity index (χ1v) is 12.3. The third kappa shape index (κ3) is 5.07. The van der Waals surface area contributed by atoms with Crippen molar-refractivity contribution in [2.75, 3.05) is 26.0 Å². The molecule has 0 fully saturated rings. The molecule has 0 saturated heterocycles. The van der Waals surface area contributed by atoms with Crippen molar-refractivity contribution >= 4 is 34.5 Å². The molecule has 0 radical (unpaired) electrons. The molecule has 1 aliphatic heterocycles. The van der Waals surface area contributed by atoms with E-state index in [4.69, 9.17) is 0 Å². The van der Waals surface area contributed by atoms with E-state index in [0.29, 0.717) is 36.4 Å². The molecule has 12 heteroatoms. The Morgan fingerprint density at radius 3 is 2.78 bits per heavy atom. The molecule has 0 aromatic carbocycles. The molecule has 8 nitrogen and oxygen atoms in total. The lowest BCUT2D eigenvalue weighted by Gasteiger charge is -2.27. The van der Waals surface area contributed by atoms with Gasteiger partial charge < -0.3 is 15.1 Å². The van der Waals surface area contributed by atoms with Gasteiger partial charge in [-0.1, -0.05) is 6.07 Å². The number of pyridine rings is 2. The van der Waals surface area contributed by atoms with Crippen LogP contribution in [0.15, 0.2) is 48.1 Å². The first-order valence-electron chi connectivity index (χ1n) is 11.4. The van der Waals surface area contributed by atoms with Crippen molar-refractivity contribution in [3.8, 4) is 0 Å². The van der Waals surface area contributed by atoms with Crippen LogP contribution in [0.25, 0.3) is 5.65 Å². The number of amides is 2. The van der Waals surface area contributed by atoms with Crippen molar-refractivity contribution in [1.82, 2.24) is 24.2 Å². The minimum atomic E-state index is -4.64. The highest BCUT2D eigenvalue weighted by molar-refractivity contribution is 7.10. The van der Waals surface area contributed by atoms with E-state index in [2.05, 4.69) is 15.3 Å². The number of halogens is 3. The van der Waals surface area contributed by atoms with E-state index in [1.807, 2.05) is 18.2 Å². The number of nitrogens with zero attached hydrogens (tertiary/aromatic N) is 5. The Bertz CT molecular complexity index is 1490. The lowest BCUT2D eigenvalue weighted by Crippen LogP contribution is -2.36. The second kappa shape index (κ2) is 9.60. The van der Waals surface area contributed by atoms with Crippen LogP contribution in [-0.2, 0) is 25.7 Å². The number of aromatic nitrogens is 3. The summed E-state index contributed by atoms with van der Waals surface area (Å²) in [5.41, 5.74) is 1.52. The maximum atomic E-state index is 13.4. The topological polar surface area (TPSA) is 82.8 Å². The molecule has 37 heavy (non-hydrogen) atoms. The molecule has 1 N–H and O–H groups in total. The summed E-state index contributed by atoms with van der Waals surface area (Å²) in [4.78, 5) is 38.5. The van der Waals surface area contributed by atoms with Gasteiger partial charge in [0.2, 0.25) is 0 Å². The molecule has 0 unspecified atom stereocenters. The summed E-state index contributed by atoms with van der Waals surface area (Å²) in [7, 11) is 3.45. The van der Waals surface area contributed by atoms with Crippen LogP contribution in [0.4, 0.5) is 18.9 Å². The molecule has 5 heterocycles. The Morgan fingerprint density at radius 2 is 2.03 bits per heavy atom. The number of hydrogen-bond donors (Lipinski definition) is 1. The average molecular weight is 529 g/mol. The summed E-state index contributed by atoms with van der Waals surface area (Å²) >= 11 is 1.36. The van der Waals surface area contributed by atoms with Crippen molar-refractivity contribution < 1.29 is 22.8 Å². The second-order valence-electron chi connectivity index (χ2n) is 9.02. The van der Waals surface area contributed by atoms with Crippen LogP contribution in [0.5, 0.6) is 0 Å². The minimum Gasteiger partial charge on any atom is -0.332 e. The van der Waals surface area contributed by atoms with E-state index < -0.39 is 17.8 Å². The normalized spacial score (nSPS) is 13.7. The van der Waals surface area contributed by atoms with Crippen LogP contribution in [0, 0.1) is 0 Å².